The molecule has 2 amide bonds. The Balaban J connectivity index is 1.71. The van der Waals surface area contributed by atoms with Gasteiger partial charge in [-0.15, -0.1) is 0 Å². The summed E-state index contributed by atoms with van der Waals surface area (Å²) in [7, 11) is 0. The first-order chi connectivity index (χ1) is 10.9. The largest absolute Gasteiger partial charge is 0.384 e. The van der Waals surface area contributed by atoms with Crippen LogP contribution in [0.1, 0.15) is 39.2 Å². The molecule has 0 radical (unpaired) electrons. The molecule has 3 N–H and O–H groups in total. The molecule has 2 heterocycles. The Hall–Kier alpha value is -1.11. The third-order valence-electron chi connectivity index (χ3n) is 4.39. The Bertz CT molecular complexity index is 490. The van der Waals surface area contributed by atoms with E-state index in [1.165, 1.54) is 24.2 Å². The third kappa shape index (κ3) is 5.79. The molecule has 2 rings (SSSR count). The zero-order valence-electron chi connectivity index (χ0n) is 14.3. The highest BCUT2D eigenvalue weighted by molar-refractivity contribution is 7.08. The lowest BCUT2D eigenvalue weighted by atomic mass is 9.99. The summed E-state index contributed by atoms with van der Waals surface area (Å²) < 4.78 is 0. The molecule has 3 atom stereocenters. The molecular weight excluding hydrogens is 310 g/mol. The van der Waals surface area contributed by atoms with Crippen molar-refractivity contribution >= 4 is 17.4 Å². The van der Waals surface area contributed by atoms with Crippen LogP contribution in [0.5, 0.6) is 0 Å². The molecule has 1 aromatic heterocycles. The van der Waals surface area contributed by atoms with E-state index in [1.54, 1.807) is 6.92 Å². The second kappa shape index (κ2) is 8.13. The number of nitrogens with zero attached hydrogens (tertiary/aromatic N) is 1. The van der Waals surface area contributed by atoms with Gasteiger partial charge in [0, 0.05) is 19.1 Å². The van der Waals surface area contributed by atoms with E-state index in [9.17, 15) is 9.90 Å². The monoisotopic (exact) mass is 339 g/mol. The summed E-state index contributed by atoms with van der Waals surface area (Å²) in [6.07, 6.45) is 2.54. The van der Waals surface area contributed by atoms with E-state index < -0.39 is 5.60 Å². The second-order valence-electron chi connectivity index (χ2n) is 7.02. The Morgan fingerprint density at radius 3 is 3.04 bits per heavy atom. The van der Waals surface area contributed by atoms with Crippen molar-refractivity contribution < 1.29 is 9.90 Å². The van der Waals surface area contributed by atoms with Crippen molar-refractivity contribution in [2.75, 3.05) is 26.2 Å². The first-order valence-corrected chi connectivity index (χ1v) is 9.33. The molecule has 1 aromatic rings. The summed E-state index contributed by atoms with van der Waals surface area (Å²) >= 11 is 1.54. The summed E-state index contributed by atoms with van der Waals surface area (Å²) in [5.41, 5.74) is -0.207. The normalized spacial score (nSPS) is 23.0. The van der Waals surface area contributed by atoms with Crippen molar-refractivity contribution in [3.63, 3.8) is 0 Å². The quantitative estimate of drug-likeness (QED) is 0.745. The van der Waals surface area contributed by atoms with Gasteiger partial charge in [0.1, 0.15) is 5.60 Å². The van der Waals surface area contributed by atoms with Gasteiger partial charge in [-0.3, -0.25) is 0 Å². The van der Waals surface area contributed by atoms with Gasteiger partial charge in [0.15, 0.2) is 0 Å². The Labute approximate surface area is 143 Å². The van der Waals surface area contributed by atoms with Gasteiger partial charge in [-0.2, -0.15) is 11.3 Å². The molecule has 1 fully saturated rings. The SMILES string of the molecule is CC1CCCN(CC(C)NC(=O)NCC(C)(O)c2ccsc2)C1. The van der Waals surface area contributed by atoms with Gasteiger partial charge in [0.25, 0.3) is 0 Å². The number of thiophene rings is 1. The lowest BCUT2D eigenvalue weighted by molar-refractivity contribution is 0.0596. The van der Waals surface area contributed by atoms with Gasteiger partial charge in [0.05, 0.1) is 6.54 Å². The van der Waals surface area contributed by atoms with Crippen molar-refractivity contribution in [3.05, 3.63) is 22.4 Å². The molecule has 0 bridgehead atoms. The number of hydrogen-bond donors (Lipinski definition) is 3. The van der Waals surface area contributed by atoms with Crippen LogP contribution < -0.4 is 10.6 Å². The van der Waals surface area contributed by atoms with Crippen LogP contribution in [-0.4, -0.2) is 48.3 Å². The molecule has 0 saturated carbocycles. The minimum absolute atomic E-state index is 0.0893. The number of hydrogen-bond acceptors (Lipinski definition) is 4. The fourth-order valence-corrected chi connectivity index (χ4v) is 3.87. The molecule has 23 heavy (non-hydrogen) atoms. The van der Waals surface area contributed by atoms with Crippen molar-refractivity contribution in [2.24, 2.45) is 5.92 Å². The number of rotatable bonds is 6. The van der Waals surface area contributed by atoms with Crippen LogP contribution in [0.25, 0.3) is 0 Å². The fourth-order valence-electron chi connectivity index (χ4n) is 3.09. The first kappa shape index (κ1) is 18.2. The van der Waals surface area contributed by atoms with Gasteiger partial charge in [-0.25, -0.2) is 4.79 Å². The summed E-state index contributed by atoms with van der Waals surface area (Å²) in [6.45, 7) is 9.32. The molecule has 6 heteroatoms. The predicted octanol–water partition coefficient (Wildman–Crippen LogP) is 2.38. The van der Waals surface area contributed by atoms with Crippen LogP contribution >= 0.6 is 11.3 Å². The highest BCUT2D eigenvalue weighted by atomic mass is 32.1. The van der Waals surface area contributed by atoms with Gasteiger partial charge < -0.3 is 20.6 Å². The van der Waals surface area contributed by atoms with Crippen molar-refractivity contribution in [1.29, 1.82) is 0 Å². The number of carbonyl (C=O) groups excluding carboxylic acids is 1. The van der Waals surface area contributed by atoms with E-state index in [2.05, 4.69) is 22.5 Å². The highest BCUT2D eigenvalue weighted by Crippen LogP contribution is 2.22. The van der Waals surface area contributed by atoms with E-state index in [4.69, 9.17) is 0 Å². The number of likely N-dealkylation sites (tertiary alicyclic amines) is 1. The van der Waals surface area contributed by atoms with Crippen LogP contribution in [0, 0.1) is 5.92 Å². The lowest BCUT2D eigenvalue weighted by Crippen LogP contribution is -2.50. The standard InChI is InChI=1S/C17H29N3O2S/c1-13-5-4-7-20(9-13)10-14(2)19-16(21)18-12-17(3,22)15-6-8-23-11-15/h6,8,11,13-14,22H,4-5,7,9-10,12H2,1-3H3,(H2,18,19,21). The number of nitrogens with one attached hydrogen (secondary N) is 2. The molecule has 0 aromatic carbocycles. The molecule has 3 unspecified atom stereocenters. The van der Waals surface area contributed by atoms with E-state index in [-0.39, 0.29) is 18.6 Å². The highest BCUT2D eigenvalue weighted by Gasteiger charge is 2.25. The molecule has 1 aliphatic rings. The van der Waals surface area contributed by atoms with Crippen molar-refractivity contribution in [1.82, 2.24) is 15.5 Å². The molecule has 1 saturated heterocycles. The third-order valence-corrected chi connectivity index (χ3v) is 5.07. The second-order valence-corrected chi connectivity index (χ2v) is 7.80. The summed E-state index contributed by atoms with van der Waals surface area (Å²) in [4.78, 5) is 14.4. The van der Waals surface area contributed by atoms with Gasteiger partial charge >= 0.3 is 6.03 Å². The number of piperidine rings is 1. The average Bonchev–Trinajstić information content (AvgIpc) is 3.00. The number of carbonyl (C=O) groups is 1. The molecule has 1 aliphatic heterocycles. The molecule has 5 nitrogen and oxygen atoms in total. The smallest absolute Gasteiger partial charge is 0.315 e. The summed E-state index contributed by atoms with van der Waals surface area (Å²) in [5.74, 6) is 0.741. The number of amides is 2. The van der Waals surface area contributed by atoms with Crippen LogP contribution in [0.3, 0.4) is 0 Å². The van der Waals surface area contributed by atoms with Gasteiger partial charge in [0.2, 0.25) is 0 Å². The molecular formula is C17H29N3O2S. The van der Waals surface area contributed by atoms with Crippen molar-refractivity contribution in [2.45, 2.75) is 45.3 Å². The molecule has 0 spiro atoms. The fraction of sp³-hybridized carbons (Fsp3) is 0.706. The lowest BCUT2D eigenvalue weighted by Gasteiger charge is -2.33. The minimum atomic E-state index is -1.04. The van der Waals surface area contributed by atoms with Gasteiger partial charge in [-0.05, 0) is 61.5 Å². The van der Waals surface area contributed by atoms with Crippen LogP contribution in [0.4, 0.5) is 4.79 Å². The number of aliphatic hydroxyl groups is 1. The van der Waals surface area contributed by atoms with E-state index in [0.717, 1.165) is 31.1 Å². The zero-order chi connectivity index (χ0) is 16.9. The average molecular weight is 340 g/mol. The van der Waals surface area contributed by atoms with Crippen LogP contribution in [0.2, 0.25) is 0 Å². The minimum Gasteiger partial charge on any atom is -0.384 e. The summed E-state index contributed by atoms with van der Waals surface area (Å²) in [5, 5.41) is 20.0. The predicted molar refractivity (Wildman–Crippen MR) is 94.7 cm³/mol. The number of urea groups is 1. The van der Waals surface area contributed by atoms with Crippen molar-refractivity contribution in [3.8, 4) is 0 Å². The van der Waals surface area contributed by atoms with Crippen LogP contribution in [0.15, 0.2) is 16.8 Å². The van der Waals surface area contributed by atoms with Gasteiger partial charge in [-0.1, -0.05) is 6.92 Å². The van der Waals surface area contributed by atoms with E-state index in [1.807, 2.05) is 23.8 Å². The van der Waals surface area contributed by atoms with E-state index >= 15 is 0 Å². The van der Waals surface area contributed by atoms with Crippen LogP contribution in [-0.2, 0) is 5.60 Å². The zero-order valence-corrected chi connectivity index (χ0v) is 15.2. The summed E-state index contributed by atoms with van der Waals surface area (Å²) in [6, 6.07) is 1.74. The first-order valence-electron chi connectivity index (χ1n) is 8.38. The topological polar surface area (TPSA) is 64.6 Å². The molecule has 130 valence electrons. The maximum absolute atomic E-state index is 12.0. The maximum atomic E-state index is 12.0. The maximum Gasteiger partial charge on any atom is 0.315 e. The Kier molecular flexibility index (Phi) is 6.44. The molecule has 0 aliphatic carbocycles. The van der Waals surface area contributed by atoms with E-state index in [0.29, 0.717) is 0 Å². The Morgan fingerprint density at radius 1 is 1.61 bits per heavy atom. The Morgan fingerprint density at radius 2 is 2.39 bits per heavy atom.